The number of nitrogens with one attached hydrogen (secondary N) is 1. The third-order valence-corrected chi connectivity index (χ3v) is 5.29. The number of piperazine rings is 1. The van der Waals surface area contributed by atoms with Crippen LogP contribution < -0.4 is 15.6 Å². The molecule has 160 valence electrons. The van der Waals surface area contributed by atoms with Gasteiger partial charge in [0.1, 0.15) is 23.0 Å². The van der Waals surface area contributed by atoms with Gasteiger partial charge in [0.2, 0.25) is 5.43 Å². The first-order valence-electron chi connectivity index (χ1n) is 9.52. The summed E-state index contributed by atoms with van der Waals surface area (Å²) >= 11 is 0. The Kier molecular flexibility index (Phi) is 5.28. The second-order valence-electron chi connectivity index (χ2n) is 7.10. The SMILES string of the molecule is C=Cc1c(N2CCNCC2)c(F)cc2c(=O)c(C(=O)O)cn(-c3ccc(F)cc3F)c12. The molecule has 0 unspecified atom stereocenters. The van der Waals surface area contributed by atoms with Crippen molar-refractivity contribution in [2.75, 3.05) is 31.1 Å². The fourth-order valence-electron chi connectivity index (χ4n) is 3.90. The molecule has 6 nitrogen and oxygen atoms in total. The van der Waals surface area contributed by atoms with E-state index >= 15 is 4.39 Å². The lowest BCUT2D eigenvalue weighted by Gasteiger charge is -2.32. The summed E-state index contributed by atoms with van der Waals surface area (Å²) in [5, 5.41) is 12.4. The minimum Gasteiger partial charge on any atom is -0.477 e. The van der Waals surface area contributed by atoms with Gasteiger partial charge in [0.05, 0.1) is 22.3 Å². The van der Waals surface area contributed by atoms with Gasteiger partial charge >= 0.3 is 5.97 Å². The number of carboxylic acid groups (broad SMARTS) is 1. The molecule has 1 fully saturated rings. The maximum atomic E-state index is 15.2. The highest BCUT2D eigenvalue weighted by atomic mass is 19.1. The van der Waals surface area contributed by atoms with Gasteiger partial charge in [0.25, 0.3) is 0 Å². The number of halogens is 3. The summed E-state index contributed by atoms with van der Waals surface area (Å²) in [6, 6.07) is 3.75. The first-order valence-corrected chi connectivity index (χ1v) is 9.52. The molecule has 0 aliphatic carbocycles. The van der Waals surface area contributed by atoms with Gasteiger partial charge in [-0.05, 0) is 18.2 Å². The first kappa shape index (κ1) is 20.7. The predicted molar refractivity (Wildman–Crippen MR) is 112 cm³/mol. The van der Waals surface area contributed by atoms with Crippen molar-refractivity contribution >= 4 is 28.6 Å². The van der Waals surface area contributed by atoms with Gasteiger partial charge in [0.15, 0.2) is 0 Å². The highest BCUT2D eigenvalue weighted by Crippen LogP contribution is 2.34. The van der Waals surface area contributed by atoms with Crippen molar-refractivity contribution in [2.24, 2.45) is 0 Å². The minimum atomic E-state index is -1.55. The van der Waals surface area contributed by atoms with Crippen LogP contribution in [-0.2, 0) is 0 Å². The number of pyridine rings is 1. The Labute approximate surface area is 174 Å². The highest BCUT2D eigenvalue weighted by molar-refractivity contribution is 5.99. The fourth-order valence-corrected chi connectivity index (χ4v) is 3.90. The Morgan fingerprint density at radius 3 is 2.45 bits per heavy atom. The Balaban J connectivity index is 2.16. The molecule has 0 saturated carbocycles. The molecule has 9 heteroatoms. The number of hydrogen-bond donors (Lipinski definition) is 2. The van der Waals surface area contributed by atoms with Crippen molar-refractivity contribution < 1.29 is 23.1 Å². The van der Waals surface area contributed by atoms with Gasteiger partial charge in [-0.1, -0.05) is 12.7 Å². The van der Waals surface area contributed by atoms with Crippen molar-refractivity contribution in [3.63, 3.8) is 0 Å². The van der Waals surface area contributed by atoms with E-state index in [1.807, 2.05) is 0 Å². The van der Waals surface area contributed by atoms with Gasteiger partial charge in [-0.3, -0.25) is 4.79 Å². The molecule has 4 rings (SSSR count). The van der Waals surface area contributed by atoms with E-state index in [1.165, 1.54) is 6.08 Å². The van der Waals surface area contributed by atoms with Crippen LogP contribution in [0.25, 0.3) is 22.7 Å². The summed E-state index contributed by atoms with van der Waals surface area (Å²) < 4.78 is 44.5. The lowest BCUT2D eigenvalue weighted by atomic mass is 10.0. The number of carbonyl (C=O) groups is 1. The lowest BCUT2D eigenvalue weighted by molar-refractivity contribution is 0.0695. The third kappa shape index (κ3) is 3.46. The molecule has 31 heavy (non-hydrogen) atoms. The van der Waals surface area contributed by atoms with Crippen LogP contribution in [-0.4, -0.2) is 41.8 Å². The van der Waals surface area contributed by atoms with Crippen LogP contribution in [0.4, 0.5) is 18.9 Å². The van der Waals surface area contributed by atoms with Gasteiger partial charge in [-0.25, -0.2) is 18.0 Å². The molecule has 2 N–H and O–H groups in total. The molecule has 0 radical (unpaired) electrons. The fraction of sp³-hybridized carbons (Fsp3) is 0.182. The van der Waals surface area contributed by atoms with Crippen molar-refractivity contribution in [3.05, 3.63) is 75.8 Å². The van der Waals surface area contributed by atoms with Crippen LogP contribution in [0.2, 0.25) is 0 Å². The average molecular weight is 429 g/mol. The molecule has 0 bridgehead atoms. The normalized spacial score (nSPS) is 14.1. The Morgan fingerprint density at radius 1 is 1.13 bits per heavy atom. The van der Waals surface area contributed by atoms with E-state index in [2.05, 4.69) is 11.9 Å². The largest absolute Gasteiger partial charge is 0.477 e. The van der Waals surface area contributed by atoms with Crippen LogP contribution in [0.3, 0.4) is 0 Å². The van der Waals surface area contributed by atoms with E-state index in [9.17, 15) is 23.5 Å². The Morgan fingerprint density at radius 2 is 1.84 bits per heavy atom. The molecule has 0 spiro atoms. The van der Waals surface area contributed by atoms with Crippen LogP contribution >= 0.6 is 0 Å². The van der Waals surface area contributed by atoms with E-state index < -0.39 is 34.4 Å². The number of fused-ring (bicyclic) bond motifs is 1. The second-order valence-corrected chi connectivity index (χ2v) is 7.10. The monoisotopic (exact) mass is 429 g/mol. The summed E-state index contributed by atoms with van der Waals surface area (Å²) in [4.78, 5) is 26.3. The summed E-state index contributed by atoms with van der Waals surface area (Å²) in [5.74, 6) is -4.05. The highest BCUT2D eigenvalue weighted by Gasteiger charge is 2.25. The van der Waals surface area contributed by atoms with Gasteiger partial charge < -0.3 is 19.9 Å². The predicted octanol–water partition coefficient (Wildman–Crippen LogP) is 3.16. The number of hydrogen-bond acceptors (Lipinski definition) is 4. The van der Waals surface area contributed by atoms with Gasteiger partial charge in [-0.15, -0.1) is 0 Å². The van der Waals surface area contributed by atoms with Crippen molar-refractivity contribution in [3.8, 4) is 5.69 Å². The number of carboxylic acids is 1. The molecule has 1 aromatic heterocycles. The summed E-state index contributed by atoms with van der Waals surface area (Å²) in [6.45, 7) is 5.96. The van der Waals surface area contributed by atoms with Crippen molar-refractivity contribution in [1.82, 2.24) is 9.88 Å². The quantitative estimate of drug-likeness (QED) is 0.667. The maximum absolute atomic E-state index is 15.2. The van der Waals surface area contributed by atoms with Crippen molar-refractivity contribution in [2.45, 2.75) is 0 Å². The number of aromatic carboxylic acids is 1. The van der Waals surface area contributed by atoms with E-state index in [1.54, 1.807) is 4.90 Å². The smallest absolute Gasteiger partial charge is 0.341 e. The Hall–Kier alpha value is -3.59. The standard InChI is InChI=1S/C22H18F3N3O3/c1-2-13-19-14(10-17(25)20(13)27-7-5-26-6-8-27)21(29)15(22(30)31)11-28(19)18-4-3-12(23)9-16(18)24/h2-4,9-11,26H,1,5-8H2,(H,30,31). The zero-order valence-electron chi connectivity index (χ0n) is 16.3. The molecular formula is C22H18F3N3O3. The zero-order chi connectivity index (χ0) is 22.3. The molecule has 0 amide bonds. The zero-order valence-corrected chi connectivity index (χ0v) is 16.3. The Bertz CT molecular complexity index is 1280. The van der Waals surface area contributed by atoms with E-state index in [-0.39, 0.29) is 27.8 Å². The number of benzene rings is 2. The van der Waals surface area contributed by atoms with Crippen LogP contribution in [0, 0.1) is 17.5 Å². The topological polar surface area (TPSA) is 74.6 Å². The number of aromatic nitrogens is 1. The third-order valence-electron chi connectivity index (χ3n) is 5.29. The maximum Gasteiger partial charge on any atom is 0.341 e. The van der Waals surface area contributed by atoms with Crippen LogP contribution in [0.5, 0.6) is 0 Å². The van der Waals surface area contributed by atoms with Crippen LogP contribution in [0.15, 0.2) is 41.8 Å². The molecule has 3 aromatic rings. The lowest BCUT2D eigenvalue weighted by Crippen LogP contribution is -2.44. The van der Waals surface area contributed by atoms with E-state index in [0.717, 1.165) is 29.0 Å². The summed E-state index contributed by atoms with van der Waals surface area (Å²) in [7, 11) is 0. The number of anilines is 1. The minimum absolute atomic E-state index is 0.0884. The molecule has 1 aliphatic heterocycles. The number of nitrogens with zero attached hydrogens (tertiary/aromatic N) is 2. The summed E-state index contributed by atoms with van der Waals surface area (Å²) in [5.41, 5.74) is -1.27. The van der Waals surface area contributed by atoms with E-state index in [0.29, 0.717) is 32.2 Å². The van der Waals surface area contributed by atoms with Gasteiger partial charge in [0, 0.05) is 44.0 Å². The molecule has 1 saturated heterocycles. The molecule has 2 aromatic carbocycles. The van der Waals surface area contributed by atoms with E-state index in [4.69, 9.17) is 0 Å². The van der Waals surface area contributed by atoms with Gasteiger partial charge in [-0.2, -0.15) is 0 Å². The van der Waals surface area contributed by atoms with Crippen LogP contribution in [0.1, 0.15) is 15.9 Å². The molecule has 0 atom stereocenters. The molecular weight excluding hydrogens is 411 g/mol. The van der Waals surface area contributed by atoms with Crippen molar-refractivity contribution in [1.29, 1.82) is 0 Å². The molecule has 2 heterocycles. The number of rotatable bonds is 4. The second kappa shape index (κ2) is 7.92. The average Bonchev–Trinajstić information content (AvgIpc) is 2.74. The first-order chi connectivity index (χ1) is 14.8. The summed E-state index contributed by atoms with van der Waals surface area (Å²) in [6.07, 6.45) is 2.32. The molecule has 1 aliphatic rings.